The second kappa shape index (κ2) is 47.9. The van der Waals surface area contributed by atoms with E-state index in [1.54, 1.807) is 204 Å². The molecule has 14 rings (SSSR count). The Balaban J connectivity index is 0.000000185. The van der Waals surface area contributed by atoms with E-state index in [-0.39, 0.29) is 82.0 Å². The number of carbonyl (C=O) groups excluding carboxylic acids is 3. The lowest BCUT2D eigenvalue weighted by molar-refractivity contribution is -0.142. The monoisotopic (exact) mass is 1840 g/mol. The second-order valence-electron chi connectivity index (χ2n) is 33.9. The molecule has 4 aliphatic carbocycles. The zero-order valence-electron chi connectivity index (χ0n) is 77.2. The number of aryl methyl sites for hydroxylation is 4. The standard InChI is InChI=1S/C26H31N5O4.C21H28N4O4.C19H24N4O4.C12H16ClN3O2.C9H12ClNO2.C6H8N2O/c1-26(2,33)16-35-19-10-11-27-22(13-19)24-29-21-7-5-6-20(21)25(30-24)31(3)15-18(32)12-17-8-9-23(34-4)28-14-17;1-5-28-18(26)12-25(4)20-15-7-6-8-16(15)23-19(24-20)17-11-14(9-10-22-17)29-13-21(2,3)27;1-19(2,26)11-27-12-7-8-20-15(9-12)17-21-14-6-4-5-13(14)18(22-17)23(3)10-16(24)25;1-3-18-10(17)7-16(2)11-8-5-4-6-9(8)14-12(13)15-11;1-9(2,12)6-13-7-3-4-11-8(10)5-7;1-9-6-3-2-5(7)4-8-6/h8-11,13-14,33H,5-7,12,15-16H2,1-4H3;9-11,27H,5-8,12-13H2,1-4H3;7-9,26H,4-6,10-11H2,1-3H3,(H,24,25);3-7H2,1-2H3;3-5,12H,6H2,1-2H3;2-4H,7H2,1H3. The first-order chi connectivity index (χ1) is 62.1. The van der Waals surface area contributed by atoms with Crippen molar-refractivity contribution in [1.82, 2.24) is 69.8 Å². The molecule has 0 aromatic carbocycles. The molecule has 38 heteroatoms. The molecule has 4 aliphatic rings. The Bertz CT molecular complexity index is 5470. The van der Waals surface area contributed by atoms with Crippen LogP contribution in [0.4, 0.5) is 29.0 Å². The lowest BCUT2D eigenvalue weighted by Gasteiger charge is -2.21. The number of anilines is 5. The van der Waals surface area contributed by atoms with Gasteiger partial charge in [-0.15, -0.1) is 0 Å². The third-order valence-electron chi connectivity index (χ3n) is 19.5. The normalized spacial score (nSPS) is 12.7. The first-order valence-electron chi connectivity index (χ1n) is 42.9. The van der Waals surface area contributed by atoms with Gasteiger partial charge in [0, 0.05) is 141 Å². The van der Waals surface area contributed by atoms with E-state index in [9.17, 15) is 39.6 Å². The fourth-order valence-corrected chi connectivity index (χ4v) is 14.0. The maximum atomic E-state index is 12.8. The van der Waals surface area contributed by atoms with Crippen molar-refractivity contribution in [3.8, 4) is 69.3 Å². The minimum absolute atomic E-state index is 0.0616. The number of nitrogen functional groups attached to an aromatic ring is 1. The molecule has 0 unspecified atom stereocenters. The smallest absolute Gasteiger partial charge is 0.325 e. The van der Waals surface area contributed by atoms with Crippen molar-refractivity contribution in [3.05, 3.63) is 171 Å². The number of hydrogen-bond donors (Lipinski definition) is 6. The number of ether oxygens (including phenoxy) is 8. The molecular weight excluding hydrogens is 1730 g/mol. The molecule has 702 valence electrons. The summed E-state index contributed by atoms with van der Waals surface area (Å²) >= 11 is 11.5. The number of esters is 2. The highest BCUT2D eigenvalue weighted by molar-refractivity contribution is 6.29. The number of fused-ring (bicyclic) bond motifs is 4. The number of rotatable bonds is 33. The summed E-state index contributed by atoms with van der Waals surface area (Å²) in [5.41, 5.74) is 13.1. The molecule has 10 heterocycles. The van der Waals surface area contributed by atoms with Gasteiger partial charge in [-0.1, -0.05) is 17.7 Å². The van der Waals surface area contributed by atoms with Crippen molar-refractivity contribution in [2.45, 2.75) is 175 Å². The van der Waals surface area contributed by atoms with E-state index in [2.05, 4.69) is 49.8 Å². The van der Waals surface area contributed by atoms with Gasteiger partial charge in [-0.25, -0.2) is 54.8 Å². The van der Waals surface area contributed by atoms with Crippen LogP contribution in [0.3, 0.4) is 0 Å². The third kappa shape index (κ3) is 33.1. The number of carboxylic acids is 1. The van der Waals surface area contributed by atoms with Crippen LogP contribution in [0.25, 0.3) is 34.6 Å². The van der Waals surface area contributed by atoms with E-state index >= 15 is 0 Å². The number of likely N-dealkylation sites (N-methyl/N-ethyl adjacent to an activating group) is 4. The molecule has 0 saturated heterocycles. The quantitative estimate of drug-likeness (QED) is 0.0126. The van der Waals surface area contributed by atoms with Crippen LogP contribution in [0.5, 0.6) is 34.8 Å². The minimum Gasteiger partial charge on any atom is -0.490 e. The highest BCUT2D eigenvalue weighted by atomic mass is 35.5. The Labute approximate surface area is 773 Å². The SMILES string of the molecule is CC(C)(O)COc1ccnc(Cl)c1.CCOC(=O)CN(C)c1nc(-c2cc(OCC(C)(C)O)ccn2)nc2c1CCC2.CCOC(=O)CN(C)c1nc(Cl)nc2c1CCC2.CN(CC(=O)O)c1nc(-c2cc(OCC(C)(C)O)ccn2)nc2c1CCC2.COc1ccc(CC(=O)CN(C)c2nc(-c3cc(OCC(C)(C)O)ccn3)nc3c2CCC3)cn1.COc1ccc(N)cn1. The van der Waals surface area contributed by atoms with E-state index < -0.39 is 28.4 Å². The molecule has 131 heavy (non-hydrogen) atoms. The average Bonchev–Trinajstić information content (AvgIpc) is 1.55. The first kappa shape index (κ1) is 102. The number of nitrogens with zero attached hydrogens (tertiary/aromatic N) is 18. The number of nitrogens with two attached hydrogens (primary N) is 1. The largest absolute Gasteiger partial charge is 0.490 e. The molecule has 0 bridgehead atoms. The molecule has 10 aromatic heterocycles. The van der Waals surface area contributed by atoms with Gasteiger partial charge in [-0.3, -0.25) is 34.1 Å². The summed E-state index contributed by atoms with van der Waals surface area (Å²) in [7, 11) is 10.4. The van der Waals surface area contributed by atoms with Crippen LogP contribution in [0.2, 0.25) is 10.4 Å². The van der Waals surface area contributed by atoms with E-state index in [4.69, 9.17) is 91.9 Å². The van der Waals surface area contributed by atoms with Gasteiger partial charge >= 0.3 is 17.9 Å². The summed E-state index contributed by atoms with van der Waals surface area (Å²) < 4.78 is 42.2. The van der Waals surface area contributed by atoms with Crippen LogP contribution in [0, 0.1) is 0 Å². The van der Waals surface area contributed by atoms with E-state index in [1.165, 1.54) is 0 Å². The van der Waals surface area contributed by atoms with Crippen molar-refractivity contribution in [2.24, 2.45) is 0 Å². The van der Waals surface area contributed by atoms with Crippen LogP contribution in [0.1, 0.15) is 146 Å². The Morgan fingerprint density at radius 2 is 0.748 bits per heavy atom. The van der Waals surface area contributed by atoms with E-state index in [0.29, 0.717) is 99.2 Å². The van der Waals surface area contributed by atoms with Gasteiger partial charge in [0.25, 0.3) is 0 Å². The summed E-state index contributed by atoms with van der Waals surface area (Å²) in [5.74, 6) is 6.35. The van der Waals surface area contributed by atoms with E-state index in [0.717, 1.165) is 145 Å². The Morgan fingerprint density at radius 1 is 0.412 bits per heavy atom. The lowest BCUT2D eigenvalue weighted by Crippen LogP contribution is -2.29. The molecule has 10 aromatic rings. The van der Waals surface area contributed by atoms with Crippen LogP contribution < -0.4 is 53.8 Å². The fraction of sp³-hybridized carbons (Fsp3) is 0.462. The van der Waals surface area contributed by atoms with Crippen molar-refractivity contribution in [3.63, 3.8) is 0 Å². The Kier molecular flexibility index (Phi) is 37.4. The molecule has 0 aliphatic heterocycles. The number of aliphatic carboxylic acids is 1. The molecule has 0 amide bonds. The maximum Gasteiger partial charge on any atom is 0.325 e. The summed E-state index contributed by atoms with van der Waals surface area (Å²) in [6.07, 6.45) is 21.0. The van der Waals surface area contributed by atoms with Crippen molar-refractivity contribution in [1.29, 1.82) is 0 Å². The maximum absolute atomic E-state index is 12.8. The number of hydrogen-bond acceptors (Lipinski definition) is 35. The molecule has 0 spiro atoms. The highest BCUT2D eigenvalue weighted by Crippen LogP contribution is 2.37. The van der Waals surface area contributed by atoms with Gasteiger partial charge in [-0.2, -0.15) is 0 Å². The number of methoxy groups -OCH3 is 2. The summed E-state index contributed by atoms with van der Waals surface area (Å²) in [5, 5.41) is 48.7. The van der Waals surface area contributed by atoms with Crippen molar-refractivity contribution >= 4 is 75.9 Å². The van der Waals surface area contributed by atoms with Crippen LogP contribution in [-0.2, 0) is 86.4 Å². The van der Waals surface area contributed by atoms with Crippen LogP contribution in [0.15, 0.2) is 110 Å². The summed E-state index contributed by atoms with van der Waals surface area (Å²) in [4.78, 5) is 116. The number of aromatic nitrogens is 14. The second-order valence-corrected chi connectivity index (χ2v) is 34.6. The van der Waals surface area contributed by atoms with Gasteiger partial charge in [0.2, 0.25) is 17.0 Å². The number of halogens is 2. The number of aliphatic hydroxyl groups is 4. The number of pyridine rings is 6. The zero-order valence-corrected chi connectivity index (χ0v) is 78.7. The molecule has 0 radical (unpaired) electrons. The first-order valence-corrected chi connectivity index (χ1v) is 43.7. The lowest BCUT2D eigenvalue weighted by atomic mass is 10.1. The molecule has 0 fully saturated rings. The molecule has 0 atom stereocenters. The average molecular weight is 1850 g/mol. The number of ketones is 1. The minimum atomic E-state index is -0.947. The van der Waals surface area contributed by atoms with Gasteiger partial charge < -0.3 is 88.8 Å². The van der Waals surface area contributed by atoms with Crippen molar-refractivity contribution in [2.75, 3.05) is 134 Å². The molecule has 0 saturated carbocycles. The molecular formula is C93H119Cl2N19O17. The Morgan fingerprint density at radius 3 is 1.08 bits per heavy atom. The third-order valence-corrected chi connectivity index (χ3v) is 19.9. The van der Waals surface area contributed by atoms with Gasteiger partial charge in [0.15, 0.2) is 23.3 Å². The molecule has 7 N–H and O–H groups in total. The molecule has 36 nitrogen and oxygen atoms in total. The zero-order chi connectivity index (χ0) is 95.3. The topological polar surface area (TPSA) is 463 Å². The van der Waals surface area contributed by atoms with Gasteiger partial charge in [-0.05, 0) is 194 Å². The van der Waals surface area contributed by atoms with Crippen molar-refractivity contribution < 1.29 is 82.6 Å². The highest BCUT2D eigenvalue weighted by Gasteiger charge is 2.30. The van der Waals surface area contributed by atoms with Gasteiger partial charge in [0.1, 0.15) is 115 Å². The number of Topliss-reactive ketones (excluding diaryl/α,β-unsaturated/α-hetero) is 1. The number of carboxylic acid groups (broad SMARTS) is 1. The fourth-order valence-electron chi connectivity index (χ4n) is 13.6. The van der Waals surface area contributed by atoms with Crippen LogP contribution in [-0.4, -0.2) is 250 Å². The summed E-state index contributed by atoms with van der Waals surface area (Å²) in [6, 6.07) is 20.8. The van der Waals surface area contributed by atoms with Gasteiger partial charge in [0.05, 0.1) is 74.0 Å². The Hall–Kier alpha value is -12.5. The van der Waals surface area contributed by atoms with Crippen LogP contribution >= 0.6 is 23.2 Å². The predicted molar refractivity (Wildman–Crippen MR) is 496 cm³/mol. The predicted octanol–water partition coefficient (Wildman–Crippen LogP) is 10.9. The number of carbonyl (C=O) groups is 4. The van der Waals surface area contributed by atoms with E-state index in [1.807, 2.05) is 37.0 Å². The summed E-state index contributed by atoms with van der Waals surface area (Å²) in [6.45, 7) is 18.8.